The number of aliphatic hydroxyl groups is 1. The fourth-order valence-electron chi connectivity index (χ4n) is 3.92. The van der Waals surface area contributed by atoms with E-state index >= 15 is 0 Å². The molecule has 0 aliphatic carbocycles. The molecule has 0 unspecified atom stereocenters. The van der Waals surface area contributed by atoms with Crippen LogP contribution in [0.2, 0.25) is 0 Å². The van der Waals surface area contributed by atoms with Gasteiger partial charge in [-0.1, -0.05) is 0 Å². The van der Waals surface area contributed by atoms with Crippen LogP contribution in [0, 0.1) is 16.0 Å². The van der Waals surface area contributed by atoms with Gasteiger partial charge in [0.15, 0.2) is 0 Å². The molecule has 0 bridgehead atoms. The van der Waals surface area contributed by atoms with Gasteiger partial charge in [0.1, 0.15) is 12.3 Å². The quantitative estimate of drug-likeness (QED) is 0.249. The molecule has 1 fully saturated rings. The number of rotatable bonds is 9. The third-order valence-corrected chi connectivity index (χ3v) is 6.70. The molecule has 0 radical (unpaired) electrons. The van der Waals surface area contributed by atoms with E-state index in [1.165, 1.54) is 43.0 Å². The predicted molar refractivity (Wildman–Crippen MR) is 121 cm³/mol. The average Bonchev–Trinajstić information content (AvgIpc) is 3.11. The maximum Gasteiger partial charge on any atom is 0.426 e. The number of aliphatic carboxylic acids is 1. The Morgan fingerprint density at radius 2 is 2.00 bits per heavy atom. The summed E-state index contributed by atoms with van der Waals surface area (Å²) in [5.41, 5.74) is 2.60. The summed E-state index contributed by atoms with van der Waals surface area (Å²) in [6, 6.07) is 5.02. The van der Waals surface area contributed by atoms with E-state index in [1.807, 2.05) is 0 Å². The lowest BCUT2D eigenvalue weighted by atomic mass is 9.83. The molecule has 2 aliphatic heterocycles. The number of nitrogens with one attached hydrogen (secondary N) is 1. The van der Waals surface area contributed by atoms with Crippen LogP contribution in [0.5, 0.6) is 0 Å². The van der Waals surface area contributed by atoms with Crippen LogP contribution in [0.25, 0.3) is 0 Å². The molecule has 35 heavy (non-hydrogen) atoms. The lowest BCUT2D eigenvalue weighted by molar-refractivity contribution is -0.384. The van der Waals surface area contributed by atoms with Crippen molar-refractivity contribution in [3.8, 4) is 0 Å². The molecule has 0 aromatic heterocycles. The Labute approximate surface area is 203 Å². The van der Waals surface area contributed by atoms with Crippen molar-refractivity contribution in [3.63, 3.8) is 0 Å². The summed E-state index contributed by atoms with van der Waals surface area (Å²) in [5, 5.41) is 31.1. The molecule has 2 aliphatic rings. The molecule has 188 valence electrons. The summed E-state index contributed by atoms with van der Waals surface area (Å²) >= 11 is 1.15. The van der Waals surface area contributed by atoms with Crippen LogP contribution < -0.4 is 5.43 Å². The van der Waals surface area contributed by atoms with Crippen molar-refractivity contribution in [3.05, 3.63) is 50.5 Å². The van der Waals surface area contributed by atoms with Crippen LogP contribution in [-0.2, 0) is 25.7 Å². The average molecular weight is 509 g/mol. The lowest BCUT2D eigenvalue weighted by Gasteiger charge is -2.44. The Kier molecular flexibility index (Phi) is 7.96. The van der Waals surface area contributed by atoms with E-state index in [-0.39, 0.29) is 30.3 Å². The number of aliphatic hydroxyl groups excluding tert-OH is 1. The second kappa shape index (κ2) is 10.7. The van der Waals surface area contributed by atoms with Crippen LogP contribution in [-0.4, -0.2) is 73.4 Å². The van der Waals surface area contributed by atoms with Crippen molar-refractivity contribution >= 4 is 41.3 Å². The number of benzene rings is 1. The normalized spacial score (nSPS) is 19.5. The minimum absolute atomic E-state index is 0.0292. The Bertz CT molecular complexity index is 1070. The second-order valence-electron chi connectivity index (χ2n) is 7.95. The van der Waals surface area contributed by atoms with Gasteiger partial charge in [-0.2, -0.15) is 0 Å². The summed E-state index contributed by atoms with van der Waals surface area (Å²) in [4.78, 5) is 59.8. The largest absolute Gasteiger partial charge is 0.477 e. The van der Waals surface area contributed by atoms with Crippen molar-refractivity contribution in [1.29, 1.82) is 0 Å². The number of nitro groups is 1. The fraction of sp³-hybridized carbons (Fsp3) is 0.429. The summed E-state index contributed by atoms with van der Waals surface area (Å²) in [5.74, 6) is -2.58. The number of β-lactam (4-membered cyclic amide) rings is 1. The molecule has 3 rings (SSSR count). The number of amides is 3. The first-order valence-corrected chi connectivity index (χ1v) is 11.5. The van der Waals surface area contributed by atoms with Crippen molar-refractivity contribution in [2.45, 2.75) is 39.0 Å². The molecule has 3 amide bonds. The van der Waals surface area contributed by atoms with Crippen LogP contribution >= 0.6 is 11.8 Å². The van der Waals surface area contributed by atoms with Gasteiger partial charge in [0.2, 0.25) is 11.8 Å². The summed E-state index contributed by atoms with van der Waals surface area (Å²) in [6.45, 7) is 2.58. The molecule has 0 saturated carbocycles. The zero-order valence-corrected chi connectivity index (χ0v) is 19.7. The Hall–Kier alpha value is -3.65. The Morgan fingerprint density at radius 1 is 1.34 bits per heavy atom. The van der Waals surface area contributed by atoms with Crippen molar-refractivity contribution < 1.29 is 39.1 Å². The van der Waals surface area contributed by atoms with Gasteiger partial charge < -0.3 is 19.8 Å². The highest BCUT2D eigenvalue weighted by Crippen LogP contribution is 2.46. The number of hydrogen-bond acceptors (Lipinski definition) is 9. The monoisotopic (exact) mass is 508 g/mol. The lowest BCUT2D eigenvalue weighted by Crippen LogP contribution is -2.61. The SMILES string of the molecule is CC(=O)N(CCSC1=C(C(=O)O)N2C(=O)[C@@H]([C@H](C)O)[C@H]2C1)NC(=O)OCc1ccc([N+](=O)[O-])cc1. The summed E-state index contributed by atoms with van der Waals surface area (Å²) < 4.78 is 5.04. The zero-order chi connectivity index (χ0) is 25.9. The molecule has 1 aromatic carbocycles. The van der Waals surface area contributed by atoms with Gasteiger partial charge in [-0.05, 0) is 24.6 Å². The number of hydrogen-bond donors (Lipinski definition) is 3. The maximum absolute atomic E-state index is 12.3. The maximum atomic E-state index is 12.3. The second-order valence-corrected chi connectivity index (χ2v) is 9.14. The van der Waals surface area contributed by atoms with Gasteiger partial charge in [-0.3, -0.25) is 24.7 Å². The minimum atomic E-state index is -1.25. The molecule has 2 heterocycles. The number of nitrogens with zero attached hydrogens (tertiary/aromatic N) is 3. The van der Waals surface area contributed by atoms with E-state index < -0.39 is 46.9 Å². The molecule has 1 aromatic rings. The highest BCUT2D eigenvalue weighted by atomic mass is 32.2. The number of ether oxygens (including phenoxy) is 1. The molecule has 3 atom stereocenters. The van der Waals surface area contributed by atoms with Crippen molar-refractivity contribution in [2.75, 3.05) is 12.3 Å². The highest BCUT2D eigenvalue weighted by molar-refractivity contribution is 8.03. The number of thioether (sulfide) groups is 1. The van der Waals surface area contributed by atoms with Crippen LogP contribution in [0.4, 0.5) is 10.5 Å². The zero-order valence-electron chi connectivity index (χ0n) is 18.9. The van der Waals surface area contributed by atoms with E-state index in [9.17, 15) is 39.5 Å². The molecule has 0 spiro atoms. The molecular weight excluding hydrogens is 484 g/mol. The van der Waals surface area contributed by atoms with Gasteiger partial charge in [0, 0.05) is 36.1 Å². The topological polar surface area (TPSA) is 180 Å². The molecular formula is C21H24N4O9S. The highest BCUT2D eigenvalue weighted by Gasteiger charge is 2.56. The van der Waals surface area contributed by atoms with Gasteiger partial charge in [0.05, 0.1) is 29.5 Å². The third-order valence-electron chi connectivity index (χ3n) is 5.61. The Morgan fingerprint density at radius 3 is 2.54 bits per heavy atom. The van der Waals surface area contributed by atoms with E-state index in [2.05, 4.69) is 5.43 Å². The number of hydrazine groups is 1. The predicted octanol–water partition coefficient (Wildman–Crippen LogP) is 1.23. The fourth-order valence-corrected chi connectivity index (χ4v) is 5.05. The summed E-state index contributed by atoms with van der Waals surface area (Å²) in [6.07, 6.45) is -1.51. The number of carboxylic acid groups (broad SMARTS) is 1. The number of non-ortho nitro benzene ring substituents is 1. The number of carbonyl (C=O) groups excluding carboxylic acids is 3. The van der Waals surface area contributed by atoms with Gasteiger partial charge in [-0.25, -0.2) is 15.0 Å². The van der Waals surface area contributed by atoms with Crippen LogP contribution in [0.15, 0.2) is 34.9 Å². The van der Waals surface area contributed by atoms with Gasteiger partial charge in [0.25, 0.3) is 5.69 Å². The first-order valence-electron chi connectivity index (χ1n) is 10.6. The van der Waals surface area contributed by atoms with E-state index in [4.69, 9.17) is 4.74 Å². The van der Waals surface area contributed by atoms with E-state index in [0.29, 0.717) is 16.9 Å². The van der Waals surface area contributed by atoms with Crippen molar-refractivity contribution in [2.24, 2.45) is 5.92 Å². The van der Waals surface area contributed by atoms with Crippen LogP contribution in [0.3, 0.4) is 0 Å². The number of carbonyl (C=O) groups is 4. The van der Waals surface area contributed by atoms with E-state index in [1.54, 1.807) is 0 Å². The Balaban J connectivity index is 1.52. The smallest absolute Gasteiger partial charge is 0.426 e. The number of nitro benzene ring substituents is 1. The molecule has 14 heteroatoms. The number of carboxylic acids is 1. The standard InChI is InChI=1S/C21H24N4O9S/c1-11(26)17-15-9-16(18(20(29)30)24(15)19(17)28)35-8-7-23(12(2)27)22-21(31)34-10-13-3-5-14(6-4-13)25(32)33/h3-6,11,15,17,26H,7-10H2,1-2H3,(H,22,31)(H,29,30)/t11-,15+,17-/m0/s1. The first kappa shape index (κ1) is 26.0. The number of fused-ring (bicyclic) bond motifs is 1. The van der Waals surface area contributed by atoms with Crippen molar-refractivity contribution in [1.82, 2.24) is 15.3 Å². The molecule has 1 saturated heterocycles. The van der Waals surface area contributed by atoms with Gasteiger partial charge >= 0.3 is 12.1 Å². The third kappa shape index (κ3) is 5.71. The first-order chi connectivity index (χ1) is 16.5. The van der Waals surface area contributed by atoms with E-state index in [0.717, 1.165) is 16.8 Å². The minimum Gasteiger partial charge on any atom is -0.477 e. The van der Waals surface area contributed by atoms with Gasteiger partial charge in [-0.15, -0.1) is 11.8 Å². The van der Waals surface area contributed by atoms with Crippen LogP contribution in [0.1, 0.15) is 25.8 Å². The molecule has 13 nitrogen and oxygen atoms in total. The molecule has 3 N–H and O–H groups in total. The summed E-state index contributed by atoms with van der Waals surface area (Å²) in [7, 11) is 0.